The van der Waals surface area contributed by atoms with E-state index >= 15 is 0 Å². The molecular weight excluding hydrogens is 422 g/mol. The molecule has 0 saturated carbocycles. The summed E-state index contributed by atoms with van der Waals surface area (Å²) in [6.07, 6.45) is 3.40. The molecule has 3 rings (SSSR count). The van der Waals surface area contributed by atoms with E-state index in [1.165, 1.54) is 0 Å². The van der Waals surface area contributed by atoms with Crippen molar-refractivity contribution < 1.29 is 9.53 Å². The number of carbonyl (C=O) groups excluding carboxylic acids is 1. The Kier molecular flexibility index (Phi) is 5.95. The van der Waals surface area contributed by atoms with E-state index in [4.69, 9.17) is 16.3 Å². The fourth-order valence-corrected chi connectivity index (χ4v) is 2.96. The van der Waals surface area contributed by atoms with Crippen molar-refractivity contribution in [2.24, 2.45) is 0 Å². The van der Waals surface area contributed by atoms with Crippen molar-refractivity contribution >= 4 is 33.4 Å². The zero-order chi connectivity index (χ0) is 18.5. The molecule has 2 heterocycles. The standard InChI is InChI=1S/C17H17BrClN5O2/c1-2-24-16(14(18)9-21-24)10-20-17(25)15-6-7-23(22-15)11-26-13-5-3-4-12(19)8-13/h3-9H,2,10-11H2,1H3,(H,20,25). The maximum atomic E-state index is 12.3. The molecule has 1 amide bonds. The molecule has 3 aromatic rings. The van der Waals surface area contributed by atoms with Crippen LogP contribution in [-0.2, 0) is 19.8 Å². The summed E-state index contributed by atoms with van der Waals surface area (Å²) in [4.78, 5) is 12.3. The number of rotatable bonds is 7. The summed E-state index contributed by atoms with van der Waals surface area (Å²) < 4.78 is 9.82. The third-order valence-corrected chi connectivity index (χ3v) is 4.54. The Morgan fingerprint density at radius 3 is 3.00 bits per heavy atom. The summed E-state index contributed by atoms with van der Waals surface area (Å²) in [5.74, 6) is 0.374. The molecule has 136 valence electrons. The van der Waals surface area contributed by atoms with E-state index in [0.717, 1.165) is 16.7 Å². The molecule has 0 aliphatic heterocycles. The summed E-state index contributed by atoms with van der Waals surface area (Å²) in [5, 5.41) is 11.9. The Morgan fingerprint density at radius 1 is 1.38 bits per heavy atom. The lowest BCUT2D eigenvalue weighted by Crippen LogP contribution is -2.25. The van der Waals surface area contributed by atoms with Crippen LogP contribution in [-0.4, -0.2) is 25.5 Å². The smallest absolute Gasteiger partial charge is 0.272 e. The molecule has 0 radical (unpaired) electrons. The van der Waals surface area contributed by atoms with Crippen molar-refractivity contribution in [3.8, 4) is 5.75 Å². The van der Waals surface area contributed by atoms with Gasteiger partial charge in [-0.2, -0.15) is 10.2 Å². The van der Waals surface area contributed by atoms with Gasteiger partial charge in [-0.1, -0.05) is 17.7 Å². The molecule has 0 atom stereocenters. The summed E-state index contributed by atoms with van der Waals surface area (Å²) in [7, 11) is 0. The third kappa shape index (κ3) is 4.44. The SMILES string of the molecule is CCn1ncc(Br)c1CNC(=O)c1ccn(COc2cccc(Cl)c2)n1. The highest BCUT2D eigenvalue weighted by Gasteiger charge is 2.13. The maximum absolute atomic E-state index is 12.3. The van der Waals surface area contributed by atoms with Crippen molar-refractivity contribution in [3.63, 3.8) is 0 Å². The number of nitrogens with one attached hydrogen (secondary N) is 1. The molecule has 0 bridgehead atoms. The Bertz CT molecular complexity index is 908. The lowest BCUT2D eigenvalue weighted by Gasteiger charge is -2.07. The highest BCUT2D eigenvalue weighted by atomic mass is 79.9. The van der Waals surface area contributed by atoms with Crippen LogP contribution in [0.3, 0.4) is 0 Å². The van der Waals surface area contributed by atoms with Gasteiger partial charge in [-0.15, -0.1) is 0 Å². The third-order valence-electron chi connectivity index (χ3n) is 3.65. The highest BCUT2D eigenvalue weighted by Crippen LogP contribution is 2.17. The number of hydrogen-bond donors (Lipinski definition) is 1. The zero-order valence-corrected chi connectivity index (χ0v) is 16.4. The van der Waals surface area contributed by atoms with E-state index < -0.39 is 0 Å². The number of benzene rings is 1. The van der Waals surface area contributed by atoms with Crippen LogP contribution in [0.15, 0.2) is 47.2 Å². The second kappa shape index (κ2) is 8.37. The molecule has 0 saturated heterocycles. The topological polar surface area (TPSA) is 74.0 Å². The number of carbonyl (C=O) groups is 1. The first-order chi connectivity index (χ1) is 12.6. The predicted molar refractivity (Wildman–Crippen MR) is 101 cm³/mol. The molecule has 0 aliphatic carbocycles. The van der Waals surface area contributed by atoms with Crippen LogP contribution in [0, 0.1) is 0 Å². The van der Waals surface area contributed by atoms with E-state index in [1.54, 1.807) is 47.4 Å². The largest absolute Gasteiger partial charge is 0.471 e. The first-order valence-electron chi connectivity index (χ1n) is 7.97. The van der Waals surface area contributed by atoms with E-state index in [-0.39, 0.29) is 12.6 Å². The van der Waals surface area contributed by atoms with Crippen LogP contribution < -0.4 is 10.1 Å². The van der Waals surface area contributed by atoms with Gasteiger partial charge in [0.15, 0.2) is 6.73 Å². The molecule has 0 aliphatic rings. The van der Waals surface area contributed by atoms with Gasteiger partial charge in [-0.3, -0.25) is 9.48 Å². The van der Waals surface area contributed by atoms with Crippen LogP contribution >= 0.6 is 27.5 Å². The monoisotopic (exact) mass is 437 g/mol. The van der Waals surface area contributed by atoms with Crippen molar-refractivity contribution in [2.75, 3.05) is 0 Å². The Labute approximate surface area is 164 Å². The molecule has 1 N–H and O–H groups in total. The quantitative estimate of drug-likeness (QED) is 0.613. The van der Waals surface area contributed by atoms with Gasteiger partial charge in [0.05, 0.1) is 22.9 Å². The van der Waals surface area contributed by atoms with Crippen LogP contribution in [0.4, 0.5) is 0 Å². The van der Waals surface area contributed by atoms with E-state index in [9.17, 15) is 4.79 Å². The van der Waals surface area contributed by atoms with Crippen LogP contribution in [0.2, 0.25) is 5.02 Å². The lowest BCUT2D eigenvalue weighted by molar-refractivity contribution is 0.0942. The van der Waals surface area contributed by atoms with E-state index in [2.05, 4.69) is 31.4 Å². The number of hydrogen-bond acceptors (Lipinski definition) is 4. The molecule has 0 spiro atoms. The molecule has 1 aromatic carbocycles. The van der Waals surface area contributed by atoms with Crippen LogP contribution in [0.25, 0.3) is 0 Å². The average Bonchev–Trinajstić information content (AvgIpc) is 3.24. The summed E-state index contributed by atoms with van der Waals surface area (Å²) >= 11 is 9.35. The number of aromatic nitrogens is 4. The lowest BCUT2D eigenvalue weighted by atomic mass is 10.3. The van der Waals surface area contributed by atoms with Gasteiger partial charge in [0, 0.05) is 17.8 Å². The summed E-state index contributed by atoms with van der Waals surface area (Å²) in [5.41, 5.74) is 1.22. The van der Waals surface area contributed by atoms with Crippen molar-refractivity contribution in [2.45, 2.75) is 26.7 Å². The van der Waals surface area contributed by atoms with E-state index in [1.807, 2.05) is 11.6 Å². The van der Waals surface area contributed by atoms with Gasteiger partial charge < -0.3 is 10.1 Å². The minimum absolute atomic E-state index is 0.182. The fourth-order valence-electron chi connectivity index (χ4n) is 2.34. The first kappa shape index (κ1) is 18.5. The van der Waals surface area contributed by atoms with Crippen molar-refractivity contribution in [1.29, 1.82) is 0 Å². The van der Waals surface area contributed by atoms with Gasteiger partial charge in [0.1, 0.15) is 11.4 Å². The Morgan fingerprint density at radius 2 is 2.23 bits per heavy atom. The molecule has 2 aromatic heterocycles. The Hall–Kier alpha value is -2.32. The van der Waals surface area contributed by atoms with Gasteiger partial charge in [-0.25, -0.2) is 4.68 Å². The second-order valence-corrected chi connectivity index (χ2v) is 6.70. The second-order valence-electron chi connectivity index (χ2n) is 5.41. The minimum atomic E-state index is -0.262. The molecular formula is C17H17BrClN5O2. The maximum Gasteiger partial charge on any atom is 0.272 e. The number of nitrogens with zero attached hydrogens (tertiary/aromatic N) is 4. The number of aryl methyl sites for hydroxylation is 1. The fraction of sp³-hybridized carbons (Fsp3) is 0.235. The Balaban J connectivity index is 1.56. The molecule has 9 heteroatoms. The van der Waals surface area contributed by atoms with Gasteiger partial charge in [0.25, 0.3) is 5.91 Å². The number of amides is 1. The molecule has 26 heavy (non-hydrogen) atoms. The van der Waals surface area contributed by atoms with Gasteiger partial charge in [-0.05, 0) is 47.1 Å². The predicted octanol–water partition coefficient (Wildman–Crippen LogP) is 3.48. The van der Waals surface area contributed by atoms with Gasteiger partial charge in [0.2, 0.25) is 0 Å². The number of ether oxygens (including phenoxy) is 1. The summed E-state index contributed by atoms with van der Waals surface area (Å²) in [6.45, 7) is 3.26. The zero-order valence-electron chi connectivity index (χ0n) is 14.0. The van der Waals surface area contributed by atoms with Crippen molar-refractivity contribution in [1.82, 2.24) is 24.9 Å². The molecule has 0 unspecified atom stereocenters. The van der Waals surface area contributed by atoms with Gasteiger partial charge >= 0.3 is 0 Å². The highest BCUT2D eigenvalue weighted by molar-refractivity contribution is 9.10. The molecule has 7 nitrogen and oxygen atoms in total. The first-order valence-corrected chi connectivity index (χ1v) is 9.14. The van der Waals surface area contributed by atoms with Crippen molar-refractivity contribution in [3.05, 3.63) is 63.6 Å². The number of halogens is 2. The average molecular weight is 439 g/mol. The normalized spacial score (nSPS) is 10.7. The molecule has 0 fully saturated rings. The van der Waals surface area contributed by atoms with E-state index in [0.29, 0.717) is 23.0 Å². The van der Waals surface area contributed by atoms with Crippen LogP contribution in [0.5, 0.6) is 5.75 Å². The van der Waals surface area contributed by atoms with Crippen LogP contribution in [0.1, 0.15) is 23.1 Å². The minimum Gasteiger partial charge on any atom is -0.471 e. The summed E-state index contributed by atoms with van der Waals surface area (Å²) in [6, 6.07) is 8.74.